The van der Waals surface area contributed by atoms with Crippen molar-refractivity contribution in [3.8, 4) is 0 Å². The lowest BCUT2D eigenvalue weighted by molar-refractivity contribution is -0.138. The van der Waals surface area contributed by atoms with Crippen molar-refractivity contribution in [2.45, 2.75) is 31.9 Å². The van der Waals surface area contributed by atoms with Gasteiger partial charge in [0.25, 0.3) is 0 Å². The molecule has 1 rings (SSSR count). The maximum Gasteiger partial charge on any atom is 0.416 e. The Kier molecular flexibility index (Phi) is 6.22. The van der Waals surface area contributed by atoms with Gasteiger partial charge < -0.3 is 15.3 Å². The van der Waals surface area contributed by atoms with Gasteiger partial charge in [0.1, 0.15) is 0 Å². The smallest absolute Gasteiger partial charge is 0.416 e. The number of carbonyl (C=O) groups is 2. The van der Waals surface area contributed by atoms with Crippen LogP contribution in [-0.4, -0.2) is 42.1 Å². The molecule has 8 heteroatoms. The van der Waals surface area contributed by atoms with Gasteiger partial charge in [0.2, 0.25) is 0 Å². The van der Waals surface area contributed by atoms with Crippen molar-refractivity contribution in [1.82, 2.24) is 10.2 Å². The number of carbonyl (C=O) groups excluding carboxylic acids is 1. The molecule has 0 saturated heterocycles. The van der Waals surface area contributed by atoms with Crippen LogP contribution < -0.4 is 5.32 Å². The maximum atomic E-state index is 12.8. The van der Waals surface area contributed by atoms with Gasteiger partial charge in [-0.2, -0.15) is 13.2 Å². The molecule has 2 N–H and O–H groups in total. The highest BCUT2D eigenvalue weighted by Gasteiger charge is 2.32. The van der Waals surface area contributed by atoms with E-state index in [1.54, 1.807) is 19.9 Å². The van der Waals surface area contributed by atoms with Gasteiger partial charge in [0.05, 0.1) is 12.0 Å². The zero-order valence-electron chi connectivity index (χ0n) is 13.8. The molecule has 0 aromatic heterocycles. The molecule has 1 aromatic rings. The lowest BCUT2D eigenvalue weighted by Gasteiger charge is -2.28. The predicted molar refractivity (Wildman–Crippen MR) is 82.8 cm³/mol. The van der Waals surface area contributed by atoms with Crippen molar-refractivity contribution in [3.05, 3.63) is 35.4 Å². The van der Waals surface area contributed by atoms with Crippen LogP contribution in [0, 0.1) is 0 Å². The Balaban J connectivity index is 2.73. The van der Waals surface area contributed by atoms with E-state index < -0.39 is 29.2 Å². The number of carboxylic acids is 1. The molecule has 0 bridgehead atoms. The van der Waals surface area contributed by atoms with Crippen molar-refractivity contribution < 1.29 is 27.9 Å². The monoisotopic (exact) mass is 346 g/mol. The van der Waals surface area contributed by atoms with Gasteiger partial charge in [-0.1, -0.05) is 32.0 Å². The van der Waals surface area contributed by atoms with Crippen LogP contribution in [0.3, 0.4) is 0 Å². The summed E-state index contributed by atoms with van der Waals surface area (Å²) < 4.78 is 38.4. The number of hydrogen-bond donors (Lipinski definition) is 2. The van der Waals surface area contributed by atoms with E-state index in [1.807, 2.05) is 0 Å². The summed E-state index contributed by atoms with van der Waals surface area (Å²) in [6.07, 6.45) is -4.60. The summed E-state index contributed by atoms with van der Waals surface area (Å²) in [6.45, 7) is 3.61. The summed E-state index contributed by atoms with van der Waals surface area (Å²) in [5.74, 6) is -1.01. The second-order valence-electron chi connectivity index (χ2n) is 6.19. The Hall–Kier alpha value is -2.25. The largest absolute Gasteiger partial charge is 0.481 e. The summed E-state index contributed by atoms with van der Waals surface area (Å²) in [5, 5.41) is 11.2. The molecule has 2 amide bonds. The number of alkyl halides is 3. The zero-order valence-corrected chi connectivity index (χ0v) is 13.8. The molecule has 0 fully saturated rings. The fourth-order valence-corrected chi connectivity index (χ4v) is 2.01. The Morgan fingerprint density at radius 3 is 2.33 bits per heavy atom. The SMILES string of the molecule is CN(CCC(=O)O)C(=O)NCC(C)(C)c1cccc(C(F)(F)F)c1. The number of amides is 2. The van der Waals surface area contributed by atoms with Gasteiger partial charge in [-0.25, -0.2) is 4.79 Å². The van der Waals surface area contributed by atoms with E-state index in [9.17, 15) is 22.8 Å². The first-order valence-electron chi connectivity index (χ1n) is 7.32. The lowest BCUT2D eigenvalue weighted by Crippen LogP contribution is -2.43. The second-order valence-corrected chi connectivity index (χ2v) is 6.19. The van der Waals surface area contributed by atoms with Crippen LogP contribution >= 0.6 is 0 Å². The first kappa shape index (κ1) is 19.8. The zero-order chi connectivity index (χ0) is 18.5. The topological polar surface area (TPSA) is 69.6 Å². The Bertz CT molecular complexity index is 600. The normalized spacial score (nSPS) is 11.9. The van der Waals surface area contributed by atoms with E-state index in [2.05, 4.69) is 5.32 Å². The van der Waals surface area contributed by atoms with Crippen LogP contribution in [0.2, 0.25) is 0 Å². The first-order valence-corrected chi connectivity index (χ1v) is 7.32. The minimum atomic E-state index is -4.42. The number of benzene rings is 1. The fraction of sp³-hybridized carbons (Fsp3) is 0.500. The van der Waals surface area contributed by atoms with Gasteiger partial charge >= 0.3 is 18.2 Å². The first-order chi connectivity index (χ1) is 10.9. The predicted octanol–water partition coefficient (Wildman–Crippen LogP) is 3.10. The van der Waals surface area contributed by atoms with Crippen LogP contribution in [0.4, 0.5) is 18.0 Å². The molecule has 0 saturated carbocycles. The Morgan fingerprint density at radius 1 is 1.21 bits per heavy atom. The highest BCUT2D eigenvalue weighted by Crippen LogP contribution is 2.32. The summed E-state index contributed by atoms with van der Waals surface area (Å²) in [5.41, 5.74) is -1.01. The molecule has 0 heterocycles. The molecule has 24 heavy (non-hydrogen) atoms. The number of urea groups is 1. The third-order valence-corrected chi connectivity index (χ3v) is 3.66. The quantitative estimate of drug-likeness (QED) is 0.832. The molecule has 0 spiro atoms. The van der Waals surface area contributed by atoms with E-state index in [0.717, 1.165) is 12.1 Å². The minimum Gasteiger partial charge on any atom is -0.481 e. The summed E-state index contributed by atoms with van der Waals surface area (Å²) in [4.78, 5) is 23.6. The highest BCUT2D eigenvalue weighted by molar-refractivity contribution is 5.75. The number of hydrogen-bond acceptors (Lipinski definition) is 2. The van der Waals surface area contributed by atoms with Crippen molar-refractivity contribution >= 4 is 12.0 Å². The third kappa shape index (κ3) is 5.75. The summed E-state index contributed by atoms with van der Waals surface area (Å²) in [7, 11) is 1.45. The number of halogens is 3. The van der Waals surface area contributed by atoms with Crippen molar-refractivity contribution in [2.75, 3.05) is 20.1 Å². The second kappa shape index (κ2) is 7.55. The van der Waals surface area contributed by atoms with Crippen molar-refractivity contribution in [3.63, 3.8) is 0 Å². The standard InChI is InChI=1S/C16H21F3N2O3/c1-15(2,10-20-14(24)21(3)8-7-13(22)23)11-5-4-6-12(9-11)16(17,18)19/h4-6,9H,7-8,10H2,1-3H3,(H,20,24)(H,22,23). The maximum absolute atomic E-state index is 12.8. The third-order valence-electron chi connectivity index (χ3n) is 3.66. The van der Waals surface area contributed by atoms with Crippen LogP contribution in [0.5, 0.6) is 0 Å². The van der Waals surface area contributed by atoms with Gasteiger partial charge in [0, 0.05) is 25.6 Å². The molecule has 5 nitrogen and oxygen atoms in total. The van der Waals surface area contributed by atoms with E-state index in [4.69, 9.17) is 5.11 Å². The summed E-state index contributed by atoms with van der Waals surface area (Å²) in [6, 6.07) is 4.50. The van der Waals surface area contributed by atoms with E-state index >= 15 is 0 Å². The van der Waals surface area contributed by atoms with E-state index in [-0.39, 0.29) is 19.5 Å². The molecular formula is C16H21F3N2O3. The molecule has 1 aromatic carbocycles. The van der Waals surface area contributed by atoms with Crippen LogP contribution in [0.1, 0.15) is 31.4 Å². The van der Waals surface area contributed by atoms with Crippen LogP contribution in [0.15, 0.2) is 24.3 Å². The van der Waals surface area contributed by atoms with Gasteiger partial charge in [0.15, 0.2) is 0 Å². The van der Waals surface area contributed by atoms with Crippen molar-refractivity contribution in [1.29, 1.82) is 0 Å². The minimum absolute atomic E-state index is 0.0468. The number of carboxylic acid groups (broad SMARTS) is 1. The number of rotatable bonds is 6. The molecule has 0 radical (unpaired) electrons. The molecule has 0 aliphatic heterocycles. The average Bonchev–Trinajstić information content (AvgIpc) is 2.49. The fourth-order valence-electron chi connectivity index (χ4n) is 2.01. The molecule has 134 valence electrons. The van der Waals surface area contributed by atoms with E-state index in [0.29, 0.717) is 5.56 Å². The Morgan fingerprint density at radius 2 is 1.79 bits per heavy atom. The van der Waals surface area contributed by atoms with Crippen LogP contribution in [0.25, 0.3) is 0 Å². The van der Waals surface area contributed by atoms with Gasteiger partial charge in [-0.05, 0) is 11.6 Å². The van der Waals surface area contributed by atoms with Crippen LogP contribution in [-0.2, 0) is 16.4 Å². The lowest BCUT2D eigenvalue weighted by atomic mass is 9.84. The average molecular weight is 346 g/mol. The molecule has 0 atom stereocenters. The number of nitrogens with one attached hydrogen (secondary N) is 1. The highest BCUT2D eigenvalue weighted by atomic mass is 19.4. The number of nitrogens with zero attached hydrogens (tertiary/aromatic N) is 1. The van der Waals surface area contributed by atoms with E-state index in [1.165, 1.54) is 18.0 Å². The molecular weight excluding hydrogens is 325 g/mol. The van der Waals surface area contributed by atoms with Gasteiger partial charge in [-0.3, -0.25) is 4.79 Å². The van der Waals surface area contributed by atoms with Crippen molar-refractivity contribution in [2.24, 2.45) is 0 Å². The van der Waals surface area contributed by atoms with Gasteiger partial charge in [-0.15, -0.1) is 0 Å². The molecule has 0 aliphatic carbocycles. The molecule has 0 aliphatic rings. The summed E-state index contributed by atoms with van der Waals surface area (Å²) >= 11 is 0. The Labute approximate surface area is 138 Å². The molecule has 0 unspecified atom stereocenters. The number of aliphatic carboxylic acids is 1.